The molecule has 0 amide bonds. The van der Waals surface area contributed by atoms with E-state index < -0.39 is 47.5 Å². The van der Waals surface area contributed by atoms with Gasteiger partial charge in [-0.05, 0) is 19.1 Å². The Labute approximate surface area is 154 Å². The van der Waals surface area contributed by atoms with Crippen molar-refractivity contribution >= 4 is 23.1 Å². The number of rotatable bonds is 6. The van der Waals surface area contributed by atoms with Gasteiger partial charge >= 0.3 is 5.24 Å². The standard InChI is InChI=1S/C15H19NO9S/c1-2-22-14-13(12(19)11(18)10(7-17)24-14)25-15(26)23-9-5-3-8(4-6-9)16(20)21/h3-6,10-14,17-19H,2,7H2,1H3/t10-,11-,12+,13-,14+/m1/s1. The van der Waals surface area contributed by atoms with Crippen LogP contribution in [-0.4, -0.2) is 69.4 Å². The predicted octanol–water partition coefficient (Wildman–Crippen LogP) is 0.119. The molecule has 1 aliphatic rings. The number of nitro groups is 1. The number of non-ortho nitro benzene ring substituents is 1. The van der Waals surface area contributed by atoms with Gasteiger partial charge in [-0.25, -0.2) is 0 Å². The van der Waals surface area contributed by atoms with Gasteiger partial charge in [0.15, 0.2) is 12.4 Å². The molecule has 1 saturated heterocycles. The number of thiocarbonyl (C=S) groups is 1. The molecule has 0 radical (unpaired) electrons. The van der Waals surface area contributed by atoms with Crippen molar-refractivity contribution in [1.29, 1.82) is 0 Å². The molecule has 1 aromatic carbocycles. The zero-order valence-electron chi connectivity index (χ0n) is 13.8. The Morgan fingerprint density at radius 2 is 1.96 bits per heavy atom. The first-order chi connectivity index (χ1) is 12.4. The first-order valence-electron chi connectivity index (χ1n) is 7.74. The van der Waals surface area contributed by atoms with Crippen LogP contribution in [0.4, 0.5) is 5.69 Å². The summed E-state index contributed by atoms with van der Waals surface area (Å²) in [7, 11) is 0. The third-order valence-electron chi connectivity index (χ3n) is 3.64. The summed E-state index contributed by atoms with van der Waals surface area (Å²) >= 11 is 4.96. The molecule has 0 bridgehead atoms. The molecular formula is C15H19NO9S. The maximum Gasteiger partial charge on any atom is 0.358 e. The number of aliphatic hydroxyl groups excluding tert-OH is 3. The molecule has 144 valence electrons. The van der Waals surface area contributed by atoms with E-state index in [4.69, 9.17) is 31.2 Å². The molecule has 11 heteroatoms. The minimum absolute atomic E-state index is 0.116. The van der Waals surface area contributed by atoms with Crippen molar-refractivity contribution < 1.29 is 39.2 Å². The van der Waals surface area contributed by atoms with Crippen LogP contribution in [0.1, 0.15) is 6.92 Å². The van der Waals surface area contributed by atoms with Gasteiger partial charge in [0.25, 0.3) is 5.69 Å². The summed E-state index contributed by atoms with van der Waals surface area (Å²) in [4.78, 5) is 10.1. The second-order valence-electron chi connectivity index (χ2n) is 5.35. The van der Waals surface area contributed by atoms with E-state index in [0.717, 1.165) is 0 Å². The molecule has 0 unspecified atom stereocenters. The Morgan fingerprint density at radius 1 is 1.31 bits per heavy atom. The molecule has 5 atom stereocenters. The highest BCUT2D eigenvalue weighted by Crippen LogP contribution is 2.25. The lowest BCUT2D eigenvalue weighted by molar-refractivity contribution is -0.384. The molecule has 3 N–H and O–H groups in total. The van der Waals surface area contributed by atoms with Gasteiger partial charge in [0.1, 0.15) is 24.1 Å². The van der Waals surface area contributed by atoms with E-state index in [1.54, 1.807) is 6.92 Å². The summed E-state index contributed by atoms with van der Waals surface area (Å²) in [6, 6.07) is 5.13. The van der Waals surface area contributed by atoms with Gasteiger partial charge in [0.2, 0.25) is 0 Å². The zero-order valence-corrected chi connectivity index (χ0v) is 14.6. The summed E-state index contributed by atoms with van der Waals surface area (Å²) in [5.74, 6) is 0.188. The van der Waals surface area contributed by atoms with E-state index in [1.807, 2.05) is 0 Å². The van der Waals surface area contributed by atoms with Crippen LogP contribution >= 0.6 is 12.2 Å². The van der Waals surface area contributed by atoms with Crippen LogP contribution < -0.4 is 4.74 Å². The number of ether oxygens (including phenoxy) is 4. The van der Waals surface area contributed by atoms with E-state index in [1.165, 1.54) is 24.3 Å². The highest BCUT2D eigenvalue weighted by Gasteiger charge is 2.47. The van der Waals surface area contributed by atoms with Gasteiger partial charge in [-0.1, -0.05) is 0 Å². The van der Waals surface area contributed by atoms with Crippen molar-refractivity contribution in [2.45, 2.75) is 37.6 Å². The van der Waals surface area contributed by atoms with Crippen LogP contribution in [0.5, 0.6) is 5.75 Å². The van der Waals surface area contributed by atoms with Gasteiger partial charge in [-0.15, -0.1) is 0 Å². The third-order valence-corrected chi connectivity index (χ3v) is 3.82. The van der Waals surface area contributed by atoms with E-state index in [-0.39, 0.29) is 18.0 Å². The van der Waals surface area contributed by atoms with E-state index in [9.17, 15) is 25.4 Å². The van der Waals surface area contributed by atoms with Gasteiger partial charge in [0, 0.05) is 31.0 Å². The normalized spacial score (nSPS) is 28.4. The SMILES string of the molecule is CCO[C@H]1O[C@H](CO)[C@@H](O)[C@H](O)[C@H]1OC(=S)Oc1ccc([N+](=O)[O-])cc1. The third kappa shape index (κ3) is 4.84. The second-order valence-corrected chi connectivity index (χ2v) is 5.68. The summed E-state index contributed by atoms with van der Waals surface area (Å²) in [6.07, 6.45) is -6.18. The summed E-state index contributed by atoms with van der Waals surface area (Å²) in [6.45, 7) is 1.40. The number of hydrogen-bond donors (Lipinski definition) is 3. The second kappa shape index (κ2) is 9.16. The molecule has 1 heterocycles. The maximum atomic E-state index is 10.6. The lowest BCUT2D eigenvalue weighted by Gasteiger charge is -2.41. The Morgan fingerprint density at radius 3 is 2.50 bits per heavy atom. The van der Waals surface area contributed by atoms with Crippen LogP contribution in [-0.2, 0) is 14.2 Å². The fourth-order valence-corrected chi connectivity index (χ4v) is 2.55. The average Bonchev–Trinajstić information content (AvgIpc) is 2.61. The highest BCUT2D eigenvalue weighted by molar-refractivity contribution is 7.79. The van der Waals surface area contributed by atoms with Crippen molar-refractivity contribution in [3.8, 4) is 5.75 Å². The molecule has 1 aliphatic heterocycles. The van der Waals surface area contributed by atoms with Crippen molar-refractivity contribution in [3.05, 3.63) is 34.4 Å². The Kier molecular flexibility index (Phi) is 7.20. The smallest absolute Gasteiger partial charge is 0.358 e. The zero-order chi connectivity index (χ0) is 19.3. The average molecular weight is 389 g/mol. The summed E-state index contributed by atoms with van der Waals surface area (Å²) in [5.41, 5.74) is -0.116. The lowest BCUT2D eigenvalue weighted by atomic mass is 9.99. The van der Waals surface area contributed by atoms with Gasteiger partial charge < -0.3 is 34.3 Å². The lowest BCUT2D eigenvalue weighted by Crippen LogP contribution is -2.60. The first-order valence-corrected chi connectivity index (χ1v) is 8.15. The summed E-state index contributed by atoms with van der Waals surface area (Å²) in [5, 5.41) is 39.6. The van der Waals surface area contributed by atoms with E-state index in [2.05, 4.69) is 0 Å². The number of benzene rings is 1. The monoisotopic (exact) mass is 389 g/mol. The molecular weight excluding hydrogens is 370 g/mol. The number of aliphatic hydroxyl groups is 3. The molecule has 2 rings (SSSR count). The number of nitro benzene ring substituents is 1. The van der Waals surface area contributed by atoms with Crippen LogP contribution in [0.15, 0.2) is 24.3 Å². The molecule has 1 fully saturated rings. The van der Waals surface area contributed by atoms with Crippen molar-refractivity contribution in [2.75, 3.05) is 13.2 Å². The number of nitrogens with zero attached hydrogens (tertiary/aromatic N) is 1. The van der Waals surface area contributed by atoms with Gasteiger partial charge in [-0.2, -0.15) is 0 Å². The maximum absolute atomic E-state index is 10.6. The quantitative estimate of drug-likeness (QED) is 0.349. The Balaban J connectivity index is 2.03. The van der Waals surface area contributed by atoms with Crippen LogP contribution in [0.2, 0.25) is 0 Å². The molecule has 0 saturated carbocycles. The van der Waals surface area contributed by atoms with E-state index >= 15 is 0 Å². The highest BCUT2D eigenvalue weighted by atomic mass is 32.1. The van der Waals surface area contributed by atoms with Crippen LogP contribution in [0, 0.1) is 10.1 Å². The molecule has 1 aromatic rings. The molecule has 0 aromatic heterocycles. The van der Waals surface area contributed by atoms with Crippen molar-refractivity contribution in [3.63, 3.8) is 0 Å². The van der Waals surface area contributed by atoms with Crippen molar-refractivity contribution in [2.24, 2.45) is 0 Å². The number of hydrogen-bond acceptors (Lipinski definition) is 10. The van der Waals surface area contributed by atoms with E-state index in [0.29, 0.717) is 0 Å². The molecule has 0 spiro atoms. The molecule has 10 nitrogen and oxygen atoms in total. The predicted molar refractivity (Wildman–Crippen MR) is 90.6 cm³/mol. The molecule has 0 aliphatic carbocycles. The molecule has 26 heavy (non-hydrogen) atoms. The van der Waals surface area contributed by atoms with Crippen LogP contribution in [0.3, 0.4) is 0 Å². The fourth-order valence-electron chi connectivity index (χ4n) is 2.35. The van der Waals surface area contributed by atoms with Gasteiger partial charge in [-0.3, -0.25) is 10.1 Å². The minimum Gasteiger partial charge on any atom is -0.445 e. The van der Waals surface area contributed by atoms with Crippen LogP contribution in [0.25, 0.3) is 0 Å². The Hall–Kier alpha value is -1.89. The Bertz CT molecular complexity index is 626. The summed E-state index contributed by atoms with van der Waals surface area (Å²) < 4.78 is 21.3. The minimum atomic E-state index is -1.45. The fraction of sp³-hybridized carbons (Fsp3) is 0.533. The largest absolute Gasteiger partial charge is 0.445 e. The van der Waals surface area contributed by atoms with Gasteiger partial charge in [0.05, 0.1) is 11.5 Å². The topological polar surface area (TPSA) is 141 Å². The first kappa shape index (κ1) is 20.4. The van der Waals surface area contributed by atoms with Crippen molar-refractivity contribution in [1.82, 2.24) is 0 Å².